The topological polar surface area (TPSA) is 20.3 Å². The summed E-state index contributed by atoms with van der Waals surface area (Å²) in [4.78, 5) is 17.1. The maximum Gasteiger partial charge on any atom is 0.265 e. The second-order valence-electron chi connectivity index (χ2n) is 12.9. The molecule has 1 amide bonds. The number of carbonyl (C=O) groups excluding carboxylic acids is 1. The largest absolute Gasteiger partial charge is 0.334 e. The van der Waals surface area contributed by atoms with Crippen molar-refractivity contribution in [3.8, 4) is 0 Å². The van der Waals surface area contributed by atoms with Gasteiger partial charge < -0.3 is 9.38 Å². The number of hydrogen-bond acceptors (Lipinski definition) is 2. The third-order valence-electron chi connectivity index (χ3n) is 9.64. The van der Waals surface area contributed by atoms with E-state index in [0.717, 1.165) is 69.9 Å². The van der Waals surface area contributed by atoms with E-state index >= 15 is 0 Å². The van der Waals surface area contributed by atoms with Gasteiger partial charge in [0.15, 0.2) is 0 Å². The molecule has 0 saturated carbocycles. The summed E-state index contributed by atoms with van der Waals surface area (Å²) in [5.41, 5.74) is 5.21. The van der Waals surface area contributed by atoms with Gasteiger partial charge in [-0.1, -0.05) is 108 Å². The molecule has 3 nitrogen and oxygen atoms in total. The van der Waals surface area contributed by atoms with E-state index < -0.39 is 0 Å². The van der Waals surface area contributed by atoms with Gasteiger partial charge in [0, 0.05) is 28.7 Å². The van der Waals surface area contributed by atoms with Crippen LogP contribution in [0.15, 0.2) is 97.1 Å². The minimum atomic E-state index is 0.0189. The Balaban J connectivity index is 1.25. The Bertz CT molecular complexity index is 1990. The summed E-state index contributed by atoms with van der Waals surface area (Å²) in [7, 11) is 0. The average Bonchev–Trinajstić information content (AvgIpc) is 3.41. The Labute approximate surface area is 282 Å². The summed E-state index contributed by atoms with van der Waals surface area (Å²) >= 11 is 8.59. The molecular formula is C41H44ClN2OS+. The Morgan fingerprint density at radius 2 is 1.43 bits per heavy atom. The molecule has 0 radical (unpaired) electrons. The summed E-state index contributed by atoms with van der Waals surface area (Å²) in [6, 6.07) is 34.4. The molecule has 6 aromatic rings. The first-order valence-electron chi connectivity index (χ1n) is 16.6. The van der Waals surface area contributed by atoms with Gasteiger partial charge >= 0.3 is 0 Å². The van der Waals surface area contributed by atoms with Crippen molar-refractivity contribution in [2.75, 3.05) is 26.2 Å². The number of quaternary nitrogens is 1. The fraction of sp³-hybridized carbons (Fsp3) is 0.293. The average molecular weight is 648 g/mol. The van der Waals surface area contributed by atoms with Gasteiger partial charge in [-0.25, -0.2) is 0 Å². The van der Waals surface area contributed by atoms with Crippen LogP contribution in [0.1, 0.15) is 58.6 Å². The zero-order valence-electron chi connectivity index (χ0n) is 27.5. The highest BCUT2D eigenvalue weighted by molar-refractivity contribution is 7.21. The number of unbranched alkanes of at least 4 members (excludes halogenated alkanes) is 1. The van der Waals surface area contributed by atoms with E-state index in [2.05, 4.69) is 113 Å². The van der Waals surface area contributed by atoms with Crippen LogP contribution in [-0.4, -0.2) is 41.5 Å². The summed E-state index contributed by atoms with van der Waals surface area (Å²) in [6.07, 6.45) is 2.00. The molecule has 236 valence electrons. The molecule has 0 saturated heterocycles. The number of thiophene rings is 1. The quantitative estimate of drug-likeness (QED) is 0.0956. The number of benzene rings is 5. The first-order valence-corrected chi connectivity index (χ1v) is 17.8. The van der Waals surface area contributed by atoms with Crippen LogP contribution in [0.25, 0.3) is 31.6 Å². The van der Waals surface area contributed by atoms with Gasteiger partial charge in [0.05, 0.1) is 24.7 Å². The summed E-state index contributed by atoms with van der Waals surface area (Å²) < 4.78 is 2.11. The van der Waals surface area contributed by atoms with Crippen molar-refractivity contribution in [3.05, 3.63) is 129 Å². The number of amides is 1. The van der Waals surface area contributed by atoms with Crippen LogP contribution in [0.4, 0.5) is 0 Å². The van der Waals surface area contributed by atoms with Crippen LogP contribution in [0.5, 0.6) is 0 Å². The number of fused-ring (bicyclic) bond motifs is 4. The van der Waals surface area contributed by atoms with Crippen LogP contribution >= 0.6 is 22.9 Å². The third-order valence-corrected chi connectivity index (χ3v) is 11.3. The maximum absolute atomic E-state index is 14.4. The molecule has 0 bridgehead atoms. The lowest BCUT2D eigenvalue weighted by Crippen LogP contribution is -2.47. The number of carbonyl (C=O) groups is 1. The Morgan fingerprint density at radius 3 is 2.17 bits per heavy atom. The maximum atomic E-state index is 14.4. The Kier molecular flexibility index (Phi) is 9.79. The van der Waals surface area contributed by atoms with Gasteiger partial charge in [-0.15, -0.1) is 11.3 Å². The lowest BCUT2D eigenvalue weighted by molar-refractivity contribution is -0.938. The minimum Gasteiger partial charge on any atom is -0.334 e. The molecule has 0 aliphatic carbocycles. The molecule has 1 heterocycles. The van der Waals surface area contributed by atoms with E-state index in [4.69, 9.17) is 11.6 Å². The van der Waals surface area contributed by atoms with Crippen molar-refractivity contribution in [1.29, 1.82) is 0 Å². The third kappa shape index (κ3) is 6.85. The number of hydrogen-bond donors (Lipinski definition) is 0. The summed E-state index contributed by atoms with van der Waals surface area (Å²) in [6.45, 7) is 14.6. The van der Waals surface area contributed by atoms with Crippen LogP contribution in [0, 0.1) is 13.8 Å². The molecule has 0 N–H and O–H groups in total. The number of rotatable bonds is 12. The Morgan fingerprint density at radius 1 is 0.761 bits per heavy atom. The first-order chi connectivity index (χ1) is 22.3. The van der Waals surface area contributed by atoms with Crippen LogP contribution in [0.3, 0.4) is 0 Å². The molecule has 0 fully saturated rings. The van der Waals surface area contributed by atoms with E-state index in [0.29, 0.717) is 23.0 Å². The molecule has 0 unspecified atom stereocenters. The van der Waals surface area contributed by atoms with Crippen molar-refractivity contribution >= 4 is 60.5 Å². The van der Waals surface area contributed by atoms with Gasteiger partial charge in [0.25, 0.3) is 5.91 Å². The second kappa shape index (κ2) is 14.0. The SMILES string of the molecule is CC[N+](CC)(CCCCN(Cc1ccc2ccccc2c1)C(=O)c1sc2ccc3ccccc3c2c1Cl)Cc1cc(C)cc(C)c1. The molecule has 46 heavy (non-hydrogen) atoms. The Hall–Kier alpha value is -3.70. The van der Waals surface area contributed by atoms with E-state index in [1.807, 2.05) is 17.0 Å². The molecule has 0 aliphatic heterocycles. The lowest BCUT2D eigenvalue weighted by atomic mass is 10.1. The summed E-state index contributed by atoms with van der Waals surface area (Å²) in [5, 5.41) is 6.19. The number of aryl methyl sites for hydroxylation is 2. The number of halogens is 1. The molecule has 0 atom stereocenters. The fourth-order valence-electron chi connectivity index (χ4n) is 7.06. The highest BCUT2D eigenvalue weighted by Crippen LogP contribution is 2.40. The highest BCUT2D eigenvalue weighted by Gasteiger charge is 2.26. The normalized spacial score (nSPS) is 11.9. The summed E-state index contributed by atoms with van der Waals surface area (Å²) in [5.74, 6) is 0.0189. The zero-order valence-corrected chi connectivity index (χ0v) is 29.1. The van der Waals surface area contributed by atoms with E-state index in [1.165, 1.54) is 38.8 Å². The second-order valence-corrected chi connectivity index (χ2v) is 14.3. The monoisotopic (exact) mass is 647 g/mol. The van der Waals surface area contributed by atoms with Gasteiger partial charge in [0.2, 0.25) is 0 Å². The van der Waals surface area contributed by atoms with Crippen LogP contribution < -0.4 is 0 Å². The van der Waals surface area contributed by atoms with Crippen molar-refractivity contribution in [1.82, 2.24) is 4.90 Å². The molecule has 5 aromatic carbocycles. The minimum absolute atomic E-state index is 0.0189. The van der Waals surface area contributed by atoms with Crippen molar-refractivity contribution in [2.45, 2.75) is 53.6 Å². The standard InChI is InChI=1S/C41H44ClN2OS/c1-5-44(6-2,28-32-24-29(3)23-30(4)25-32)22-12-11-21-43(27-31-17-18-33-13-7-8-15-35(33)26-31)41(45)40-39(42)38-36-16-10-9-14-34(36)19-20-37(38)46-40/h7-10,13-20,23-26H,5-6,11-12,21-22,27-28H2,1-4H3/q+1. The van der Waals surface area contributed by atoms with E-state index in [-0.39, 0.29) is 5.91 Å². The smallest absolute Gasteiger partial charge is 0.265 e. The number of nitrogens with zero attached hydrogens (tertiary/aromatic N) is 2. The molecular weight excluding hydrogens is 604 g/mol. The van der Waals surface area contributed by atoms with Gasteiger partial charge in [-0.05, 0) is 79.8 Å². The highest BCUT2D eigenvalue weighted by atomic mass is 35.5. The molecule has 6 rings (SSSR count). The van der Waals surface area contributed by atoms with Gasteiger partial charge in [-0.2, -0.15) is 0 Å². The molecule has 0 aliphatic rings. The lowest BCUT2D eigenvalue weighted by Gasteiger charge is -2.37. The molecule has 1 aromatic heterocycles. The predicted molar refractivity (Wildman–Crippen MR) is 198 cm³/mol. The zero-order chi connectivity index (χ0) is 32.3. The molecule has 5 heteroatoms. The van der Waals surface area contributed by atoms with Crippen molar-refractivity contribution in [3.63, 3.8) is 0 Å². The van der Waals surface area contributed by atoms with Crippen LogP contribution in [0.2, 0.25) is 5.02 Å². The molecule has 0 spiro atoms. The first kappa shape index (κ1) is 32.2. The van der Waals surface area contributed by atoms with Gasteiger partial charge in [-0.3, -0.25) is 4.79 Å². The predicted octanol–water partition coefficient (Wildman–Crippen LogP) is 11.0. The van der Waals surface area contributed by atoms with Crippen molar-refractivity contribution in [2.24, 2.45) is 0 Å². The van der Waals surface area contributed by atoms with E-state index in [1.54, 1.807) is 0 Å². The van der Waals surface area contributed by atoms with Crippen molar-refractivity contribution < 1.29 is 9.28 Å². The van der Waals surface area contributed by atoms with Gasteiger partial charge in [0.1, 0.15) is 11.4 Å². The fourth-order valence-corrected chi connectivity index (χ4v) is 8.60. The van der Waals surface area contributed by atoms with Crippen LogP contribution in [-0.2, 0) is 13.1 Å². The van der Waals surface area contributed by atoms with E-state index in [9.17, 15) is 4.79 Å².